The van der Waals surface area contributed by atoms with Gasteiger partial charge in [0, 0.05) is 9.85 Å². The van der Waals surface area contributed by atoms with Crippen LogP contribution in [0.25, 0.3) is 0 Å². The maximum absolute atomic E-state index is 13.1. The molecule has 2 rings (SSSR count). The zero-order chi connectivity index (χ0) is 12.4. The van der Waals surface area contributed by atoms with Gasteiger partial charge in [-0.2, -0.15) is 11.3 Å². The van der Waals surface area contributed by atoms with E-state index in [0.29, 0.717) is 0 Å². The summed E-state index contributed by atoms with van der Waals surface area (Å²) in [4.78, 5) is 0. The molecule has 0 aliphatic heterocycles. The second-order valence-electron chi connectivity index (χ2n) is 3.78. The van der Waals surface area contributed by atoms with Crippen LogP contribution >= 0.6 is 27.3 Å². The van der Waals surface area contributed by atoms with Gasteiger partial charge in [0.15, 0.2) is 0 Å². The van der Waals surface area contributed by atoms with E-state index < -0.39 is 0 Å². The number of aryl methyl sites for hydroxylation is 1. The molecule has 0 aliphatic rings. The number of nitrogens with two attached hydrogens (primary N) is 1. The van der Waals surface area contributed by atoms with E-state index in [1.807, 2.05) is 17.7 Å². The molecule has 2 nitrogen and oxygen atoms in total. The van der Waals surface area contributed by atoms with Crippen LogP contribution in [0.4, 0.5) is 4.39 Å². The monoisotopic (exact) mass is 314 g/mol. The molecule has 17 heavy (non-hydrogen) atoms. The van der Waals surface area contributed by atoms with Gasteiger partial charge in [-0.1, -0.05) is 6.07 Å². The van der Waals surface area contributed by atoms with Gasteiger partial charge in [0.1, 0.15) is 5.82 Å². The first kappa shape index (κ1) is 12.7. The highest BCUT2D eigenvalue weighted by molar-refractivity contribution is 9.10. The van der Waals surface area contributed by atoms with E-state index in [-0.39, 0.29) is 11.9 Å². The third-order valence-electron chi connectivity index (χ3n) is 2.66. The van der Waals surface area contributed by atoms with Crippen LogP contribution in [0.15, 0.2) is 33.4 Å². The zero-order valence-corrected chi connectivity index (χ0v) is 11.6. The number of hydrogen-bond acceptors (Lipinski definition) is 3. The third kappa shape index (κ3) is 2.57. The van der Waals surface area contributed by atoms with Crippen LogP contribution in [0.5, 0.6) is 0 Å². The van der Waals surface area contributed by atoms with Crippen LogP contribution in [0.1, 0.15) is 22.7 Å². The van der Waals surface area contributed by atoms with Gasteiger partial charge in [-0.15, -0.1) is 0 Å². The van der Waals surface area contributed by atoms with Crippen LogP contribution < -0.4 is 11.3 Å². The number of nitrogens with one attached hydrogen (secondary N) is 1. The maximum atomic E-state index is 13.1. The van der Waals surface area contributed by atoms with Crippen LogP contribution in [0.2, 0.25) is 0 Å². The molecule has 1 atom stereocenters. The highest BCUT2D eigenvalue weighted by Crippen LogP contribution is 2.32. The van der Waals surface area contributed by atoms with Crippen molar-refractivity contribution in [3.8, 4) is 0 Å². The fraction of sp³-hybridized carbons (Fsp3) is 0.167. The predicted molar refractivity (Wildman–Crippen MR) is 72.3 cm³/mol. The summed E-state index contributed by atoms with van der Waals surface area (Å²) in [6.07, 6.45) is 0. The molecule has 2 aromatic rings. The maximum Gasteiger partial charge on any atom is 0.123 e. The van der Waals surface area contributed by atoms with Gasteiger partial charge >= 0.3 is 0 Å². The quantitative estimate of drug-likeness (QED) is 0.672. The Kier molecular flexibility index (Phi) is 3.93. The first-order chi connectivity index (χ1) is 8.13. The van der Waals surface area contributed by atoms with E-state index in [0.717, 1.165) is 21.2 Å². The van der Waals surface area contributed by atoms with Gasteiger partial charge in [-0.05, 0) is 57.1 Å². The molecule has 0 amide bonds. The number of halogens is 2. The van der Waals surface area contributed by atoms with E-state index in [1.54, 1.807) is 17.4 Å². The molecular formula is C12H12BrFN2S. The fourth-order valence-electron chi connectivity index (χ4n) is 1.81. The van der Waals surface area contributed by atoms with E-state index in [4.69, 9.17) is 5.84 Å². The minimum Gasteiger partial charge on any atom is -0.271 e. The van der Waals surface area contributed by atoms with Crippen molar-refractivity contribution in [1.29, 1.82) is 0 Å². The third-order valence-corrected chi connectivity index (χ3v) is 4.41. The molecule has 1 aromatic carbocycles. The largest absolute Gasteiger partial charge is 0.271 e. The molecule has 1 aromatic heterocycles. The summed E-state index contributed by atoms with van der Waals surface area (Å²) in [6, 6.07) is 4.60. The molecule has 0 saturated heterocycles. The summed E-state index contributed by atoms with van der Waals surface area (Å²) < 4.78 is 14.1. The smallest absolute Gasteiger partial charge is 0.123 e. The number of benzene rings is 1. The Morgan fingerprint density at radius 1 is 1.35 bits per heavy atom. The number of thiophene rings is 1. The Morgan fingerprint density at radius 3 is 2.65 bits per heavy atom. The van der Waals surface area contributed by atoms with Crippen molar-refractivity contribution in [1.82, 2.24) is 5.43 Å². The van der Waals surface area contributed by atoms with Crippen molar-refractivity contribution in [3.63, 3.8) is 0 Å². The van der Waals surface area contributed by atoms with Gasteiger partial charge in [0.2, 0.25) is 0 Å². The van der Waals surface area contributed by atoms with Gasteiger partial charge in [0.25, 0.3) is 0 Å². The minimum absolute atomic E-state index is 0.128. The molecule has 5 heteroatoms. The first-order valence-electron chi connectivity index (χ1n) is 5.07. The van der Waals surface area contributed by atoms with Crippen LogP contribution in [-0.4, -0.2) is 0 Å². The lowest BCUT2D eigenvalue weighted by molar-refractivity contribution is 0.612. The summed E-state index contributed by atoms with van der Waals surface area (Å²) in [6.45, 7) is 1.88. The predicted octanol–water partition coefficient (Wildman–Crippen LogP) is 3.51. The molecule has 0 bridgehead atoms. The average Bonchev–Trinajstić information content (AvgIpc) is 2.69. The number of hydrogen-bond donors (Lipinski definition) is 2. The molecule has 1 unspecified atom stereocenters. The molecule has 0 radical (unpaired) electrons. The SMILES string of the molecule is Cc1cc(F)ccc1C(NN)c1cscc1Br. The Hall–Kier alpha value is -0.750. The Morgan fingerprint density at radius 2 is 2.12 bits per heavy atom. The van der Waals surface area contributed by atoms with E-state index in [2.05, 4.69) is 21.4 Å². The van der Waals surface area contributed by atoms with Crippen molar-refractivity contribution in [2.24, 2.45) is 5.84 Å². The van der Waals surface area contributed by atoms with Crippen LogP contribution in [0.3, 0.4) is 0 Å². The molecule has 90 valence electrons. The van der Waals surface area contributed by atoms with Gasteiger partial charge in [-0.3, -0.25) is 5.84 Å². The summed E-state index contributed by atoms with van der Waals surface area (Å²) in [7, 11) is 0. The van der Waals surface area contributed by atoms with E-state index >= 15 is 0 Å². The highest BCUT2D eigenvalue weighted by Gasteiger charge is 2.18. The first-order valence-corrected chi connectivity index (χ1v) is 6.81. The lowest BCUT2D eigenvalue weighted by atomic mass is 9.97. The zero-order valence-electron chi connectivity index (χ0n) is 9.21. The average molecular weight is 315 g/mol. The summed E-state index contributed by atoms with van der Waals surface area (Å²) in [5.41, 5.74) is 5.70. The number of rotatable bonds is 3. The summed E-state index contributed by atoms with van der Waals surface area (Å²) >= 11 is 5.08. The Bertz CT molecular complexity index is 527. The molecule has 0 fully saturated rings. The summed E-state index contributed by atoms with van der Waals surface area (Å²) in [5, 5.41) is 4.02. The van der Waals surface area contributed by atoms with E-state index in [9.17, 15) is 4.39 Å². The molecule has 0 saturated carbocycles. The van der Waals surface area contributed by atoms with Crippen LogP contribution in [-0.2, 0) is 0 Å². The second kappa shape index (κ2) is 5.27. The summed E-state index contributed by atoms with van der Waals surface area (Å²) in [5.74, 6) is 5.38. The normalized spacial score (nSPS) is 12.7. The van der Waals surface area contributed by atoms with Crippen molar-refractivity contribution < 1.29 is 4.39 Å². The lowest BCUT2D eigenvalue weighted by Gasteiger charge is -2.18. The molecule has 1 heterocycles. The molecule has 0 aliphatic carbocycles. The standard InChI is InChI=1S/C12H12BrFN2S/c1-7-4-8(14)2-3-9(7)12(16-15)10-5-17-6-11(10)13/h2-6,12,16H,15H2,1H3. The fourth-order valence-corrected chi connectivity index (χ4v) is 3.36. The second-order valence-corrected chi connectivity index (χ2v) is 5.37. The Labute approximate surface area is 112 Å². The van der Waals surface area contributed by atoms with E-state index in [1.165, 1.54) is 12.1 Å². The van der Waals surface area contributed by atoms with Gasteiger partial charge in [-0.25, -0.2) is 9.82 Å². The van der Waals surface area contributed by atoms with Crippen molar-refractivity contribution in [2.75, 3.05) is 0 Å². The Balaban J connectivity index is 2.46. The van der Waals surface area contributed by atoms with Crippen molar-refractivity contribution in [3.05, 3.63) is 55.9 Å². The van der Waals surface area contributed by atoms with Crippen molar-refractivity contribution in [2.45, 2.75) is 13.0 Å². The number of hydrazine groups is 1. The minimum atomic E-state index is -0.230. The van der Waals surface area contributed by atoms with Crippen molar-refractivity contribution >= 4 is 27.3 Å². The van der Waals surface area contributed by atoms with Gasteiger partial charge in [0.05, 0.1) is 6.04 Å². The molecular weight excluding hydrogens is 303 g/mol. The van der Waals surface area contributed by atoms with Gasteiger partial charge < -0.3 is 0 Å². The molecule has 0 spiro atoms. The molecule has 3 N–H and O–H groups in total. The highest BCUT2D eigenvalue weighted by atomic mass is 79.9. The van der Waals surface area contributed by atoms with Crippen LogP contribution in [0, 0.1) is 12.7 Å². The topological polar surface area (TPSA) is 38.0 Å². The lowest BCUT2D eigenvalue weighted by Crippen LogP contribution is -2.29.